The second-order valence-corrected chi connectivity index (χ2v) is 6.34. The number of benzene rings is 2. The lowest BCUT2D eigenvalue weighted by Gasteiger charge is -2.36. The molecule has 1 aliphatic heterocycles. The zero-order valence-corrected chi connectivity index (χ0v) is 15.6. The smallest absolute Gasteiger partial charge is 0.321 e. The highest BCUT2D eigenvalue weighted by molar-refractivity contribution is 5.92. The van der Waals surface area contributed by atoms with Gasteiger partial charge >= 0.3 is 6.03 Å². The first-order valence-electron chi connectivity index (χ1n) is 8.88. The number of hydrogen-bond acceptors (Lipinski definition) is 4. The number of nitrogens with one attached hydrogen (secondary N) is 2. The van der Waals surface area contributed by atoms with E-state index in [1.165, 1.54) is 6.92 Å². The van der Waals surface area contributed by atoms with Gasteiger partial charge in [0.1, 0.15) is 5.75 Å². The number of anilines is 3. The summed E-state index contributed by atoms with van der Waals surface area (Å²) < 4.78 is 5.43. The maximum atomic E-state index is 12.6. The third kappa shape index (κ3) is 4.69. The van der Waals surface area contributed by atoms with Gasteiger partial charge in [-0.05, 0) is 30.3 Å². The topological polar surface area (TPSA) is 73.9 Å². The molecule has 0 aromatic heterocycles. The fourth-order valence-electron chi connectivity index (χ4n) is 3.12. The summed E-state index contributed by atoms with van der Waals surface area (Å²) in [4.78, 5) is 27.7. The molecule has 1 heterocycles. The molecule has 0 saturated carbocycles. The first kappa shape index (κ1) is 18.6. The molecular weight excluding hydrogens is 344 g/mol. The van der Waals surface area contributed by atoms with Crippen LogP contribution in [-0.2, 0) is 4.79 Å². The molecule has 7 heteroatoms. The van der Waals surface area contributed by atoms with Gasteiger partial charge in [-0.25, -0.2) is 4.79 Å². The van der Waals surface area contributed by atoms with Gasteiger partial charge in [0.15, 0.2) is 0 Å². The van der Waals surface area contributed by atoms with E-state index >= 15 is 0 Å². The van der Waals surface area contributed by atoms with Crippen LogP contribution in [0.4, 0.5) is 21.9 Å². The Morgan fingerprint density at radius 3 is 2.26 bits per heavy atom. The van der Waals surface area contributed by atoms with Crippen molar-refractivity contribution < 1.29 is 14.3 Å². The molecule has 2 aromatic rings. The first-order chi connectivity index (χ1) is 13.1. The maximum absolute atomic E-state index is 12.6. The van der Waals surface area contributed by atoms with Crippen LogP contribution in [0.1, 0.15) is 6.92 Å². The molecular formula is C20H24N4O3. The zero-order chi connectivity index (χ0) is 19.2. The Morgan fingerprint density at radius 2 is 1.59 bits per heavy atom. The fourth-order valence-corrected chi connectivity index (χ4v) is 3.12. The van der Waals surface area contributed by atoms with Gasteiger partial charge in [0.05, 0.1) is 12.8 Å². The molecule has 0 spiro atoms. The molecule has 0 aliphatic carbocycles. The predicted octanol–water partition coefficient (Wildman–Crippen LogP) is 3.01. The summed E-state index contributed by atoms with van der Waals surface area (Å²) in [5.41, 5.74) is 2.35. The van der Waals surface area contributed by atoms with Crippen LogP contribution >= 0.6 is 0 Å². The van der Waals surface area contributed by atoms with E-state index in [-0.39, 0.29) is 11.9 Å². The lowest BCUT2D eigenvalue weighted by Crippen LogP contribution is -2.50. The second-order valence-electron chi connectivity index (χ2n) is 6.34. The molecule has 0 unspecified atom stereocenters. The minimum Gasteiger partial charge on any atom is -0.495 e. The molecule has 0 bridgehead atoms. The van der Waals surface area contributed by atoms with E-state index in [0.717, 1.165) is 24.5 Å². The van der Waals surface area contributed by atoms with Crippen molar-refractivity contribution >= 4 is 29.0 Å². The number of ether oxygens (including phenoxy) is 1. The summed E-state index contributed by atoms with van der Waals surface area (Å²) in [7, 11) is 1.66. The van der Waals surface area contributed by atoms with Crippen molar-refractivity contribution in [1.82, 2.24) is 4.90 Å². The summed E-state index contributed by atoms with van der Waals surface area (Å²) in [6, 6.07) is 14.9. The van der Waals surface area contributed by atoms with E-state index in [0.29, 0.717) is 24.5 Å². The second kappa shape index (κ2) is 8.44. The number of amides is 3. The number of rotatable bonds is 4. The van der Waals surface area contributed by atoms with Crippen molar-refractivity contribution in [1.29, 1.82) is 0 Å². The molecule has 1 saturated heterocycles. The monoisotopic (exact) mass is 368 g/mol. The number of carbonyl (C=O) groups excluding carboxylic acids is 2. The average Bonchev–Trinajstić information content (AvgIpc) is 2.68. The number of para-hydroxylation sites is 2. The van der Waals surface area contributed by atoms with E-state index in [2.05, 4.69) is 15.5 Å². The SMILES string of the molecule is COc1ccccc1N1CCN(C(=O)Nc2cccc(NC(C)=O)c2)CC1. The van der Waals surface area contributed by atoms with Gasteiger partial charge in [0.25, 0.3) is 0 Å². The quantitative estimate of drug-likeness (QED) is 0.870. The van der Waals surface area contributed by atoms with E-state index in [1.807, 2.05) is 24.3 Å². The Balaban J connectivity index is 1.58. The normalized spacial score (nSPS) is 13.9. The highest BCUT2D eigenvalue weighted by Gasteiger charge is 2.22. The van der Waals surface area contributed by atoms with Gasteiger partial charge in [-0.1, -0.05) is 18.2 Å². The Hall–Kier alpha value is -3.22. The van der Waals surface area contributed by atoms with Gasteiger partial charge in [-0.2, -0.15) is 0 Å². The van der Waals surface area contributed by atoms with Gasteiger partial charge in [-0.15, -0.1) is 0 Å². The third-order valence-corrected chi connectivity index (χ3v) is 4.43. The van der Waals surface area contributed by atoms with Crippen LogP contribution in [0.25, 0.3) is 0 Å². The van der Waals surface area contributed by atoms with Crippen LogP contribution in [0.3, 0.4) is 0 Å². The highest BCUT2D eigenvalue weighted by atomic mass is 16.5. The highest BCUT2D eigenvalue weighted by Crippen LogP contribution is 2.28. The number of nitrogens with zero attached hydrogens (tertiary/aromatic N) is 2. The van der Waals surface area contributed by atoms with Crippen molar-refractivity contribution in [2.24, 2.45) is 0 Å². The molecule has 7 nitrogen and oxygen atoms in total. The minimum absolute atomic E-state index is 0.144. The average molecular weight is 368 g/mol. The van der Waals surface area contributed by atoms with Gasteiger partial charge in [-0.3, -0.25) is 4.79 Å². The van der Waals surface area contributed by atoms with E-state index in [4.69, 9.17) is 4.74 Å². The molecule has 3 rings (SSSR count). The molecule has 2 N–H and O–H groups in total. The molecule has 1 fully saturated rings. The van der Waals surface area contributed by atoms with Gasteiger partial charge < -0.3 is 25.2 Å². The molecule has 2 aromatic carbocycles. The Kier molecular flexibility index (Phi) is 5.80. The standard InChI is InChI=1S/C20H24N4O3/c1-15(25)21-16-6-5-7-17(14-16)22-20(26)24-12-10-23(11-13-24)18-8-3-4-9-19(18)27-2/h3-9,14H,10-13H2,1-2H3,(H,21,25)(H,22,26). The van der Waals surface area contributed by atoms with Crippen LogP contribution < -0.4 is 20.3 Å². The summed E-state index contributed by atoms with van der Waals surface area (Å²) >= 11 is 0. The maximum Gasteiger partial charge on any atom is 0.321 e. The Morgan fingerprint density at radius 1 is 0.926 bits per heavy atom. The molecule has 0 atom stereocenters. The lowest BCUT2D eigenvalue weighted by molar-refractivity contribution is -0.114. The van der Waals surface area contributed by atoms with Gasteiger partial charge in [0, 0.05) is 44.5 Å². The molecule has 142 valence electrons. The summed E-state index contributed by atoms with van der Waals surface area (Å²) in [6.07, 6.45) is 0. The van der Waals surface area contributed by atoms with Crippen LogP contribution in [0, 0.1) is 0 Å². The first-order valence-corrected chi connectivity index (χ1v) is 8.88. The van der Waals surface area contributed by atoms with Crippen molar-refractivity contribution in [2.75, 3.05) is 48.8 Å². The van der Waals surface area contributed by atoms with E-state index in [9.17, 15) is 9.59 Å². The van der Waals surface area contributed by atoms with Crippen LogP contribution in [0.5, 0.6) is 5.75 Å². The van der Waals surface area contributed by atoms with Crippen LogP contribution in [-0.4, -0.2) is 50.1 Å². The number of methoxy groups -OCH3 is 1. The third-order valence-electron chi connectivity index (χ3n) is 4.43. The van der Waals surface area contributed by atoms with Crippen LogP contribution in [0.15, 0.2) is 48.5 Å². The lowest BCUT2D eigenvalue weighted by atomic mass is 10.2. The number of carbonyl (C=O) groups is 2. The summed E-state index contributed by atoms with van der Waals surface area (Å²) in [5, 5.41) is 5.61. The van der Waals surface area contributed by atoms with Crippen molar-refractivity contribution in [3.05, 3.63) is 48.5 Å². The fraction of sp³-hybridized carbons (Fsp3) is 0.300. The Bertz CT molecular complexity index is 816. The van der Waals surface area contributed by atoms with E-state index in [1.54, 1.807) is 36.3 Å². The molecule has 0 radical (unpaired) electrons. The van der Waals surface area contributed by atoms with E-state index < -0.39 is 0 Å². The van der Waals surface area contributed by atoms with Crippen LogP contribution in [0.2, 0.25) is 0 Å². The molecule has 3 amide bonds. The van der Waals surface area contributed by atoms with Crippen molar-refractivity contribution in [2.45, 2.75) is 6.92 Å². The number of urea groups is 1. The van der Waals surface area contributed by atoms with Crippen molar-refractivity contribution in [3.8, 4) is 5.75 Å². The predicted molar refractivity (Wildman–Crippen MR) is 107 cm³/mol. The Labute approximate surface area is 158 Å². The zero-order valence-electron chi connectivity index (χ0n) is 15.6. The largest absolute Gasteiger partial charge is 0.495 e. The molecule has 1 aliphatic rings. The summed E-state index contributed by atoms with van der Waals surface area (Å²) in [6.45, 7) is 4.16. The minimum atomic E-state index is -0.147. The van der Waals surface area contributed by atoms with Crippen molar-refractivity contribution in [3.63, 3.8) is 0 Å². The number of piperazine rings is 1. The molecule has 27 heavy (non-hydrogen) atoms. The summed E-state index contributed by atoms with van der Waals surface area (Å²) in [5.74, 6) is 0.691. The number of hydrogen-bond donors (Lipinski definition) is 2. The van der Waals surface area contributed by atoms with Gasteiger partial charge in [0.2, 0.25) is 5.91 Å².